The van der Waals surface area contributed by atoms with Crippen molar-refractivity contribution in [1.29, 1.82) is 0 Å². The summed E-state index contributed by atoms with van der Waals surface area (Å²) in [6, 6.07) is 1.86. The predicted octanol–water partition coefficient (Wildman–Crippen LogP) is 0.932. The van der Waals surface area contributed by atoms with Crippen molar-refractivity contribution in [1.82, 2.24) is 10.0 Å². The van der Waals surface area contributed by atoms with Crippen LogP contribution in [0.25, 0.3) is 0 Å². The molecule has 0 aliphatic rings. The molecule has 0 heterocycles. The van der Waals surface area contributed by atoms with Gasteiger partial charge in [-0.05, 0) is 18.6 Å². The van der Waals surface area contributed by atoms with E-state index in [2.05, 4.69) is 5.32 Å². The molecule has 0 spiro atoms. The molecule has 1 atom stereocenters. The molecule has 0 saturated heterocycles. The lowest BCUT2D eigenvalue weighted by atomic mass is 10.1. The van der Waals surface area contributed by atoms with Gasteiger partial charge in [-0.25, -0.2) is 21.9 Å². The fraction of sp³-hybridized carbons (Fsp3) is 0.385. The Morgan fingerprint density at radius 3 is 2.45 bits per heavy atom. The van der Waals surface area contributed by atoms with Gasteiger partial charge in [0.15, 0.2) is 0 Å². The molecule has 9 heteroatoms. The maximum absolute atomic E-state index is 13.4. The number of carbonyl (C=O) groups is 2. The first-order valence-electron chi connectivity index (χ1n) is 6.45. The van der Waals surface area contributed by atoms with E-state index in [4.69, 9.17) is 0 Å². The van der Waals surface area contributed by atoms with E-state index in [1.165, 1.54) is 0 Å². The van der Waals surface area contributed by atoms with Crippen LogP contribution in [0.15, 0.2) is 23.1 Å². The molecular formula is C13H16F2N2O4S. The van der Waals surface area contributed by atoms with Crippen molar-refractivity contribution in [3.05, 3.63) is 29.8 Å². The summed E-state index contributed by atoms with van der Waals surface area (Å²) in [6.45, 7) is 2.87. The van der Waals surface area contributed by atoms with Crippen LogP contribution in [0.5, 0.6) is 0 Å². The molecule has 0 aliphatic carbocycles. The first-order chi connectivity index (χ1) is 10.2. The highest BCUT2D eigenvalue weighted by atomic mass is 32.2. The predicted molar refractivity (Wildman–Crippen MR) is 74.2 cm³/mol. The van der Waals surface area contributed by atoms with Gasteiger partial charge >= 0.3 is 0 Å². The average molecular weight is 334 g/mol. The van der Waals surface area contributed by atoms with Crippen LogP contribution < -0.4 is 10.0 Å². The SMILES string of the molecule is CCC(C)C(=O)NCC(=O)NS(=O)(=O)c1ccc(F)cc1F. The van der Waals surface area contributed by atoms with E-state index in [1.54, 1.807) is 18.6 Å². The van der Waals surface area contributed by atoms with Gasteiger partial charge in [0.05, 0.1) is 6.54 Å². The number of nitrogens with one attached hydrogen (secondary N) is 2. The minimum atomic E-state index is -4.47. The minimum Gasteiger partial charge on any atom is -0.347 e. The van der Waals surface area contributed by atoms with Crippen LogP contribution in [0.1, 0.15) is 20.3 Å². The van der Waals surface area contributed by atoms with E-state index in [0.717, 1.165) is 6.07 Å². The second-order valence-corrected chi connectivity index (χ2v) is 6.28. The second-order valence-electron chi connectivity index (χ2n) is 4.63. The number of halogens is 2. The highest BCUT2D eigenvalue weighted by Crippen LogP contribution is 2.15. The molecule has 122 valence electrons. The third-order valence-corrected chi connectivity index (χ3v) is 4.32. The Balaban J connectivity index is 2.72. The summed E-state index contributed by atoms with van der Waals surface area (Å²) in [5, 5.41) is 2.26. The van der Waals surface area contributed by atoms with Crippen molar-refractivity contribution in [3.63, 3.8) is 0 Å². The first kappa shape index (κ1) is 18.0. The fourth-order valence-electron chi connectivity index (χ4n) is 1.46. The molecular weight excluding hydrogens is 318 g/mol. The number of amides is 2. The third-order valence-electron chi connectivity index (χ3n) is 2.91. The molecule has 0 fully saturated rings. The lowest BCUT2D eigenvalue weighted by Gasteiger charge is -2.11. The van der Waals surface area contributed by atoms with Gasteiger partial charge in [-0.2, -0.15) is 0 Å². The molecule has 0 radical (unpaired) electrons. The molecule has 2 amide bonds. The van der Waals surface area contributed by atoms with Crippen LogP contribution in [0.4, 0.5) is 8.78 Å². The van der Waals surface area contributed by atoms with Gasteiger partial charge in [-0.3, -0.25) is 9.59 Å². The van der Waals surface area contributed by atoms with Crippen molar-refractivity contribution in [3.8, 4) is 0 Å². The molecule has 1 aromatic carbocycles. The summed E-state index contributed by atoms with van der Waals surface area (Å²) >= 11 is 0. The molecule has 0 aliphatic heterocycles. The second kappa shape index (κ2) is 7.30. The number of carbonyl (C=O) groups excluding carboxylic acids is 2. The molecule has 1 rings (SSSR count). The van der Waals surface area contributed by atoms with Crippen molar-refractivity contribution >= 4 is 21.8 Å². The highest BCUT2D eigenvalue weighted by molar-refractivity contribution is 7.90. The Hall–Kier alpha value is -2.03. The zero-order valence-electron chi connectivity index (χ0n) is 12.0. The Kier molecular flexibility index (Phi) is 5.98. The third kappa shape index (κ3) is 4.76. The summed E-state index contributed by atoms with van der Waals surface area (Å²) in [5.74, 6) is -4.00. The van der Waals surface area contributed by atoms with E-state index in [1.807, 2.05) is 0 Å². The Morgan fingerprint density at radius 2 is 1.91 bits per heavy atom. The molecule has 1 unspecified atom stereocenters. The van der Waals surface area contributed by atoms with Gasteiger partial charge in [-0.15, -0.1) is 0 Å². The lowest BCUT2D eigenvalue weighted by Crippen LogP contribution is -2.41. The maximum atomic E-state index is 13.4. The van der Waals surface area contributed by atoms with Crippen LogP contribution in [0.2, 0.25) is 0 Å². The van der Waals surface area contributed by atoms with Gasteiger partial charge in [0.2, 0.25) is 5.91 Å². The smallest absolute Gasteiger partial charge is 0.267 e. The normalized spacial score (nSPS) is 12.5. The van der Waals surface area contributed by atoms with E-state index >= 15 is 0 Å². The topological polar surface area (TPSA) is 92.3 Å². The lowest BCUT2D eigenvalue weighted by molar-refractivity contribution is -0.127. The van der Waals surface area contributed by atoms with Crippen LogP contribution in [0.3, 0.4) is 0 Å². The van der Waals surface area contributed by atoms with E-state index in [0.29, 0.717) is 18.6 Å². The first-order valence-corrected chi connectivity index (χ1v) is 7.94. The van der Waals surface area contributed by atoms with Gasteiger partial charge in [-0.1, -0.05) is 13.8 Å². The number of hydrogen-bond donors (Lipinski definition) is 2. The zero-order valence-corrected chi connectivity index (χ0v) is 12.8. The quantitative estimate of drug-likeness (QED) is 0.809. The summed E-state index contributed by atoms with van der Waals surface area (Å²) in [6.07, 6.45) is 0.562. The standard InChI is InChI=1S/C13H16F2N2O4S/c1-3-8(2)13(19)16-7-12(18)17-22(20,21)11-5-4-9(14)6-10(11)15/h4-6,8H,3,7H2,1-2H3,(H,16,19)(H,17,18). The average Bonchev–Trinajstić information content (AvgIpc) is 2.42. The van der Waals surface area contributed by atoms with Gasteiger partial charge in [0.1, 0.15) is 16.5 Å². The van der Waals surface area contributed by atoms with Crippen LogP contribution in [-0.2, 0) is 19.6 Å². The van der Waals surface area contributed by atoms with E-state index in [-0.39, 0.29) is 5.92 Å². The van der Waals surface area contributed by atoms with Gasteiger partial charge < -0.3 is 5.32 Å². The van der Waals surface area contributed by atoms with Gasteiger partial charge in [0.25, 0.3) is 15.9 Å². The monoisotopic (exact) mass is 334 g/mol. The molecule has 0 saturated carbocycles. The van der Waals surface area contributed by atoms with E-state index < -0.39 is 44.9 Å². The Labute approximate surface area is 127 Å². The van der Waals surface area contributed by atoms with Crippen molar-refractivity contribution in [2.45, 2.75) is 25.2 Å². The summed E-state index contributed by atoms with van der Waals surface area (Å²) in [5.41, 5.74) is 0. The molecule has 1 aromatic rings. The van der Waals surface area contributed by atoms with Crippen LogP contribution in [-0.4, -0.2) is 26.8 Å². The van der Waals surface area contributed by atoms with Crippen molar-refractivity contribution < 1.29 is 26.8 Å². The molecule has 22 heavy (non-hydrogen) atoms. The molecule has 0 bridgehead atoms. The number of rotatable bonds is 6. The summed E-state index contributed by atoms with van der Waals surface area (Å²) in [7, 11) is -4.47. The van der Waals surface area contributed by atoms with Crippen LogP contribution >= 0.6 is 0 Å². The summed E-state index contributed by atoms with van der Waals surface area (Å²) < 4.78 is 51.4. The maximum Gasteiger partial charge on any atom is 0.267 e. The van der Waals surface area contributed by atoms with Crippen molar-refractivity contribution in [2.75, 3.05) is 6.54 Å². The summed E-state index contributed by atoms with van der Waals surface area (Å²) in [4.78, 5) is 22.1. The highest BCUT2D eigenvalue weighted by Gasteiger charge is 2.22. The fourth-order valence-corrected chi connectivity index (χ4v) is 2.51. The minimum absolute atomic E-state index is 0.320. The van der Waals surface area contributed by atoms with E-state index in [9.17, 15) is 26.8 Å². The largest absolute Gasteiger partial charge is 0.347 e. The molecule has 6 nitrogen and oxygen atoms in total. The number of sulfonamides is 1. The number of benzene rings is 1. The van der Waals surface area contributed by atoms with Crippen LogP contribution in [0, 0.1) is 17.6 Å². The zero-order chi connectivity index (χ0) is 16.9. The van der Waals surface area contributed by atoms with Gasteiger partial charge in [0, 0.05) is 12.0 Å². The number of hydrogen-bond acceptors (Lipinski definition) is 4. The Bertz CT molecular complexity index is 677. The Morgan fingerprint density at radius 1 is 1.27 bits per heavy atom. The molecule has 2 N–H and O–H groups in total. The molecule has 0 aromatic heterocycles. The van der Waals surface area contributed by atoms with Crippen molar-refractivity contribution in [2.24, 2.45) is 5.92 Å².